The summed E-state index contributed by atoms with van der Waals surface area (Å²) in [5.74, 6) is -0.337. The van der Waals surface area contributed by atoms with Crippen LogP contribution in [0.1, 0.15) is 30.1 Å². The van der Waals surface area contributed by atoms with Crippen molar-refractivity contribution in [3.05, 3.63) is 33.9 Å². The molecule has 114 valence electrons. The monoisotopic (exact) mass is 293 g/mol. The number of nitro groups is 1. The van der Waals surface area contributed by atoms with E-state index < -0.39 is 10.5 Å². The second-order valence-corrected chi connectivity index (χ2v) is 5.38. The van der Waals surface area contributed by atoms with Crippen molar-refractivity contribution in [2.75, 3.05) is 25.6 Å². The molecule has 1 fully saturated rings. The number of nitro benzene ring substituents is 1. The lowest BCUT2D eigenvalue weighted by Crippen LogP contribution is -2.51. The molecule has 0 saturated carbocycles. The Bertz CT molecular complexity index is 553. The molecule has 1 aliphatic heterocycles. The van der Waals surface area contributed by atoms with Gasteiger partial charge in [0.1, 0.15) is 5.69 Å². The molecular formula is C14H19N3O4. The summed E-state index contributed by atoms with van der Waals surface area (Å²) in [5.41, 5.74) is -0.0701. The first kappa shape index (κ1) is 15.2. The van der Waals surface area contributed by atoms with Crippen molar-refractivity contribution in [1.29, 1.82) is 0 Å². The van der Waals surface area contributed by atoms with Gasteiger partial charge in [0.15, 0.2) is 0 Å². The van der Waals surface area contributed by atoms with Crippen LogP contribution in [0.5, 0.6) is 0 Å². The van der Waals surface area contributed by atoms with E-state index in [-0.39, 0.29) is 22.8 Å². The highest BCUT2D eigenvalue weighted by atomic mass is 16.6. The lowest BCUT2D eigenvalue weighted by Gasteiger charge is -2.34. The Hall–Kier alpha value is -2.15. The fraction of sp³-hybridized carbons (Fsp3) is 0.500. The number of benzene rings is 1. The molecule has 1 unspecified atom stereocenters. The van der Waals surface area contributed by atoms with Gasteiger partial charge in [0.25, 0.3) is 11.6 Å². The number of amides is 1. The summed E-state index contributed by atoms with van der Waals surface area (Å²) >= 11 is 0. The van der Waals surface area contributed by atoms with Crippen LogP contribution < -0.4 is 10.6 Å². The molecule has 7 heteroatoms. The van der Waals surface area contributed by atoms with Gasteiger partial charge in [-0.25, -0.2) is 0 Å². The van der Waals surface area contributed by atoms with E-state index in [1.807, 2.05) is 6.92 Å². The minimum Gasteiger partial charge on any atom is -0.382 e. The number of ether oxygens (including phenoxy) is 1. The number of para-hydroxylation sites is 1. The van der Waals surface area contributed by atoms with E-state index in [0.29, 0.717) is 13.2 Å². The Kier molecular flexibility index (Phi) is 4.42. The normalized spacial score (nSPS) is 21.6. The lowest BCUT2D eigenvalue weighted by molar-refractivity contribution is -0.384. The molecule has 1 saturated heterocycles. The van der Waals surface area contributed by atoms with Crippen LogP contribution in [-0.2, 0) is 4.74 Å². The molecule has 0 bridgehead atoms. The highest BCUT2D eigenvalue weighted by Gasteiger charge is 2.31. The highest BCUT2D eigenvalue weighted by molar-refractivity contribution is 6.02. The largest absolute Gasteiger partial charge is 0.382 e. The third kappa shape index (κ3) is 3.30. The maximum absolute atomic E-state index is 12.4. The van der Waals surface area contributed by atoms with Crippen LogP contribution in [0.4, 0.5) is 11.4 Å². The lowest BCUT2D eigenvalue weighted by atomic mass is 9.94. The molecular weight excluding hydrogens is 274 g/mol. The van der Waals surface area contributed by atoms with Gasteiger partial charge >= 0.3 is 0 Å². The molecule has 21 heavy (non-hydrogen) atoms. The molecule has 0 aliphatic carbocycles. The van der Waals surface area contributed by atoms with E-state index in [1.165, 1.54) is 12.1 Å². The van der Waals surface area contributed by atoms with Crippen molar-refractivity contribution in [2.45, 2.75) is 25.3 Å². The van der Waals surface area contributed by atoms with Crippen LogP contribution in [0.2, 0.25) is 0 Å². The van der Waals surface area contributed by atoms with Gasteiger partial charge < -0.3 is 15.4 Å². The van der Waals surface area contributed by atoms with Crippen molar-refractivity contribution in [3.63, 3.8) is 0 Å². The first-order valence-electron chi connectivity index (χ1n) is 6.82. The zero-order valence-electron chi connectivity index (χ0n) is 12.1. The van der Waals surface area contributed by atoms with Gasteiger partial charge in [0.05, 0.1) is 22.6 Å². The second kappa shape index (κ2) is 6.09. The molecule has 1 aromatic carbocycles. The number of nitrogens with zero attached hydrogens (tertiary/aromatic N) is 1. The van der Waals surface area contributed by atoms with Gasteiger partial charge in [-0.2, -0.15) is 0 Å². The third-order valence-electron chi connectivity index (χ3n) is 3.59. The number of hydrogen-bond acceptors (Lipinski definition) is 5. The Morgan fingerprint density at radius 2 is 2.24 bits per heavy atom. The second-order valence-electron chi connectivity index (χ2n) is 5.38. The SMILES string of the molecule is CNc1c(C(=O)NC2(C)CCCOC2)cccc1[N+](=O)[O-]. The predicted molar refractivity (Wildman–Crippen MR) is 78.6 cm³/mol. The Morgan fingerprint density at radius 3 is 2.81 bits per heavy atom. The summed E-state index contributed by atoms with van der Waals surface area (Å²) in [6, 6.07) is 4.45. The fourth-order valence-corrected chi connectivity index (χ4v) is 2.52. The minimum absolute atomic E-state index is 0.116. The molecule has 2 N–H and O–H groups in total. The highest BCUT2D eigenvalue weighted by Crippen LogP contribution is 2.28. The Balaban J connectivity index is 2.26. The molecule has 0 aromatic heterocycles. The van der Waals surface area contributed by atoms with Crippen molar-refractivity contribution in [3.8, 4) is 0 Å². The van der Waals surface area contributed by atoms with Gasteiger partial charge in [-0.1, -0.05) is 6.07 Å². The molecule has 1 aromatic rings. The molecule has 1 amide bonds. The molecule has 1 aliphatic rings. The van der Waals surface area contributed by atoms with Crippen LogP contribution in [0, 0.1) is 10.1 Å². The number of anilines is 1. The fourth-order valence-electron chi connectivity index (χ4n) is 2.52. The van der Waals surface area contributed by atoms with Gasteiger partial charge in [-0.15, -0.1) is 0 Å². The summed E-state index contributed by atoms with van der Waals surface area (Å²) in [6.45, 7) is 3.06. The van der Waals surface area contributed by atoms with Crippen molar-refractivity contribution in [2.24, 2.45) is 0 Å². The van der Waals surface area contributed by atoms with Crippen LogP contribution >= 0.6 is 0 Å². The zero-order valence-corrected chi connectivity index (χ0v) is 12.1. The summed E-state index contributed by atoms with van der Waals surface area (Å²) < 4.78 is 5.40. The average Bonchev–Trinajstić information content (AvgIpc) is 2.46. The van der Waals surface area contributed by atoms with Crippen molar-refractivity contribution in [1.82, 2.24) is 5.32 Å². The third-order valence-corrected chi connectivity index (χ3v) is 3.59. The van der Waals surface area contributed by atoms with Gasteiger partial charge in [-0.3, -0.25) is 14.9 Å². The van der Waals surface area contributed by atoms with E-state index in [9.17, 15) is 14.9 Å². The summed E-state index contributed by atoms with van der Waals surface area (Å²) in [4.78, 5) is 23.0. The van der Waals surface area contributed by atoms with Crippen LogP contribution in [-0.4, -0.2) is 36.6 Å². The number of hydrogen-bond donors (Lipinski definition) is 2. The van der Waals surface area contributed by atoms with Gasteiger partial charge in [0, 0.05) is 19.7 Å². The topological polar surface area (TPSA) is 93.5 Å². The molecule has 0 radical (unpaired) electrons. The summed E-state index contributed by atoms with van der Waals surface area (Å²) in [7, 11) is 1.56. The first-order valence-corrected chi connectivity index (χ1v) is 6.82. The Labute approximate surface area is 122 Å². The van der Waals surface area contributed by atoms with Crippen LogP contribution in [0.3, 0.4) is 0 Å². The van der Waals surface area contributed by atoms with E-state index in [2.05, 4.69) is 10.6 Å². The standard InChI is InChI=1S/C14H19N3O4/c1-14(7-4-8-21-9-14)16-13(18)10-5-3-6-11(17(19)20)12(10)15-2/h3,5-6,15H,4,7-9H2,1-2H3,(H,16,18). The zero-order chi connectivity index (χ0) is 15.5. The number of rotatable bonds is 4. The van der Waals surface area contributed by atoms with Crippen molar-refractivity contribution < 1.29 is 14.5 Å². The number of carbonyl (C=O) groups excluding carboxylic acids is 1. The van der Waals surface area contributed by atoms with Gasteiger partial charge in [-0.05, 0) is 25.8 Å². The quantitative estimate of drug-likeness (QED) is 0.653. The number of nitrogens with one attached hydrogen (secondary N) is 2. The molecule has 0 spiro atoms. The number of carbonyl (C=O) groups is 1. The van der Waals surface area contributed by atoms with E-state index >= 15 is 0 Å². The van der Waals surface area contributed by atoms with Crippen LogP contribution in [0.15, 0.2) is 18.2 Å². The van der Waals surface area contributed by atoms with Crippen molar-refractivity contribution >= 4 is 17.3 Å². The average molecular weight is 293 g/mol. The van der Waals surface area contributed by atoms with E-state index in [0.717, 1.165) is 12.8 Å². The molecule has 7 nitrogen and oxygen atoms in total. The maximum atomic E-state index is 12.4. The first-order chi connectivity index (χ1) is 9.97. The molecule has 2 rings (SSSR count). The predicted octanol–water partition coefficient (Wildman–Crippen LogP) is 1.94. The molecule has 1 atom stereocenters. The van der Waals surface area contributed by atoms with Crippen LogP contribution in [0.25, 0.3) is 0 Å². The minimum atomic E-state index is -0.506. The molecule has 1 heterocycles. The van der Waals surface area contributed by atoms with Gasteiger partial charge in [0.2, 0.25) is 0 Å². The Morgan fingerprint density at radius 1 is 1.48 bits per heavy atom. The smallest absolute Gasteiger partial charge is 0.293 e. The maximum Gasteiger partial charge on any atom is 0.293 e. The van der Waals surface area contributed by atoms with E-state index in [4.69, 9.17) is 4.74 Å². The summed E-state index contributed by atoms with van der Waals surface area (Å²) in [5, 5.41) is 16.7. The van der Waals surface area contributed by atoms with E-state index in [1.54, 1.807) is 13.1 Å². The summed E-state index contributed by atoms with van der Waals surface area (Å²) in [6.07, 6.45) is 1.70.